The predicted molar refractivity (Wildman–Crippen MR) is 69.4 cm³/mol. The number of aromatic nitrogens is 2. The number of aryl methyl sites for hydroxylation is 2. The van der Waals surface area contributed by atoms with E-state index in [2.05, 4.69) is 10.5 Å². The molecule has 0 bridgehead atoms. The number of carbonyl (C=O) groups excluding carboxylic acids is 1. The molecule has 1 aromatic heterocycles. The lowest BCUT2D eigenvalue weighted by molar-refractivity contribution is 0.0953. The maximum absolute atomic E-state index is 11.6. The molecule has 0 saturated carbocycles. The number of carbonyl (C=O) groups is 1. The van der Waals surface area contributed by atoms with E-state index in [9.17, 15) is 4.79 Å². The highest BCUT2D eigenvalue weighted by molar-refractivity contribution is 5.94. The van der Waals surface area contributed by atoms with Crippen LogP contribution in [-0.4, -0.2) is 15.7 Å². The zero-order chi connectivity index (χ0) is 13.3. The van der Waals surface area contributed by atoms with E-state index in [1.807, 2.05) is 39.0 Å². The van der Waals surface area contributed by atoms with E-state index < -0.39 is 0 Å². The van der Waals surface area contributed by atoms with Gasteiger partial charge >= 0.3 is 0 Å². The van der Waals surface area contributed by atoms with E-state index in [-0.39, 0.29) is 5.91 Å². The summed E-state index contributed by atoms with van der Waals surface area (Å²) in [5, 5.41) is 4.28. The van der Waals surface area contributed by atoms with Gasteiger partial charge in [0.2, 0.25) is 0 Å². The molecule has 0 atom stereocenters. The van der Waals surface area contributed by atoms with Crippen molar-refractivity contribution in [3.63, 3.8) is 0 Å². The number of nitrogens with zero attached hydrogens (tertiary/aromatic N) is 2. The lowest BCUT2D eigenvalue weighted by Crippen LogP contribution is -2.30. The van der Waals surface area contributed by atoms with Crippen molar-refractivity contribution in [1.82, 2.24) is 15.2 Å². The number of para-hydroxylation sites is 1. The van der Waals surface area contributed by atoms with Crippen LogP contribution in [0.25, 0.3) is 5.69 Å². The lowest BCUT2D eigenvalue weighted by Gasteiger charge is -2.11. The molecule has 5 nitrogen and oxygen atoms in total. The van der Waals surface area contributed by atoms with Gasteiger partial charge in [-0.05, 0) is 31.9 Å². The molecule has 0 unspecified atom stereocenters. The largest absolute Gasteiger partial charge is 0.290 e. The highest BCUT2D eigenvalue weighted by atomic mass is 16.2. The van der Waals surface area contributed by atoms with Crippen molar-refractivity contribution >= 4 is 5.91 Å². The minimum absolute atomic E-state index is 0.329. The van der Waals surface area contributed by atoms with Crippen LogP contribution in [0.15, 0.2) is 24.4 Å². The van der Waals surface area contributed by atoms with Crippen LogP contribution in [-0.2, 0) is 0 Å². The third-order valence-corrected chi connectivity index (χ3v) is 3.04. The summed E-state index contributed by atoms with van der Waals surface area (Å²) < 4.78 is 1.77. The topological polar surface area (TPSA) is 72.9 Å². The third kappa shape index (κ3) is 1.89. The van der Waals surface area contributed by atoms with Gasteiger partial charge in [-0.3, -0.25) is 10.2 Å². The van der Waals surface area contributed by atoms with Crippen LogP contribution in [0.3, 0.4) is 0 Å². The van der Waals surface area contributed by atoms with Crippen molar-refractivity contribution in [3.05, 3.63) is 46.8 Å². The van der Waals surface area contributed by atoms with Gasteiger partial charge in [0.05, 0.1) is 23.1 Å². The van der Waals surface area contributed by atoms with Crippen molar-refractivity contribution in [2.24, 2.45) is 5.84 Å². The van der Waals surface area contributed by atoms with Gasteiger partial charge in [-0.25, -0.2) is 10.5 Å². The Morgan fingerprint density at radius 2 is 1.89 bits per heavy atom. The first kappa shape index (κ1) is 12.3. The third-order valence-electron chi connectivity index (χ3n) is 3.04. The molecule has 1 aromatic carbocycles. The highest BCUT2D eigenvalue weighted by Gasteiger charge is 2.15. The summed E-state index contributed by atoms with van der Waals surface area (Å²) in [6.45, 7) is 5.89. The molecule has 2 aromatic rings. The van der Waals surface area contributed by atoms with E-state index in [0.29, 0.717) is 5.56 Å². The maximum Gasteiger partial charge on any atom is 0.268 e. The first-order chi connectivity index (χ1) is 8.56. The minimum Gasteiger partial charge on any atom is -0.290 e. The highest BCUT2D eigenvalue weighted by Crippen LogP contribution is 2.21. The van der Waals surface area contributed by atoms with Gasteiger partial charge in [-0.2, -0.15) is 5.10 Å². The van der Waals surface area contributed by atoms with Gasteiger partial charge < -0.3 is 0 Å². The molecule has 0 saturated heterocycles. The SMILES string of the molecule is Cc1cccc(C)c1-n1ncc(C(=O)NN)c1C. The smallest absolute Gasteiger partial charge is 0.268 e. The molecule has 94 valence electrons. The molecular weight excluding hydrogens is 228 g/mol. The van der Waals surface area contributed by atoms with Gasteiger partial charge in [0, 0.05) is 0 Å². The van der Waals surface area contributed by atoms with E-state index in [0.717, 1.165) is 22.5 Å². The molecule has 3 N–H and O–H groups in total. The van der Waals surface area contributed by atoms with Crippen molar-refractivity contribution < 1.29 is 4.79 Å². The molecule has 0 spiro atoms. The Hall–Kier alpha value is -2.14. The summed E-state index contributed by atoms with van der Waals surface area (Å²) in [7, 11) is 0. The van der Waals surface area contributed by atoms with Crippen molar-refractivity contribution in [2.75, 3.05) is 0 Å². The second-order valence-corrected chi connectivity index (χ2v) is 4.27. The van der Waals surface area contributed by atoms with Gasteiger partial charge in [-0.1, -0.05) is 18.2 Å². The first-order valence-electron chi connectivity index (χ1n) is 5.68. The molecule has 2 rings (SSSR count). The Morgan fingerprint density at radius 3 is 2.44 bits per heavy atom. The maximum atomic E-state index is 11.6. The number of rotatable bonds is 2. The van der Waals surface area contributed by atoms with Crippen molar-refractivity contribution in [3.8, 4) is 5.69 Å². The standard InChI is InChI=1S/C13H16N4O/c1-8-5-4-6-9(2)12(8)17-10(3)11(7-15-17)13(18)16-14/h4-7H,14H2,1-3H3,(H,16,18). The average molecular weight is 244 g/mol. The molecule has 0 radical (unpaired) electrons. The van der Waals surface area contributed by atoms with Crippen LogP contribution in [0.1, 0.15) is 27.2 Å². The number of amides is 1. The molecule has 0 aliphatic carbocycles. The number of hydrogen-bond donors (Lipinski definition) is 2. The monoisotopic (exact) mass is 244 g/mol. The predicted octanol–water partition coefficient (Wildman–Crippen LogP) is 1.40. The normalized spacial score (nSPS) is 10.4. The fourth-order valence-electron chi connectivity index (χ4n) is 2.08. The van der Waals surface area contributed by atoms with Crippen LogP contribution in [0.2, 0.25) is 0 Å². The van der Waals surface area contributed by atoms with E-state index in [1.165, 1.54) is 6.20 Å². The lowest BCUT2D eigenvalue weighted by atomic mass is 10.1. The van der Waals surface area contributed by atoms with Crippen LogP contribution in [0, 0.1) is 20.8 Å². The summed E-state index contributed by atoms with van der Waals surface area (Å²) in [6, 6.07) is 6.04. The Kier molecular flexibility index (Phi) is 3.16. The van der Waals surface area contributed by atoms with Gasteiger partial charge in [0.15, 0.2) is 0 Å². The van der Waals surface area contributed by atoms with Gasteiger partial charge in [-0.15, -0.1) is 0 Å². The quantitative estimate of drug-likeness (QED) is 0.476. The van der Waals surface area contributed by atoms with E-state index in [4.69, 9.17) is 5.84 Å². The molecule has 1 heterocycles. The van der Waals surface area contributed by atoms with E-state index in [1.54, 1.807) is 4.68 Å². The molecule has 18 heavy (non-hydrogen) atoms. The number of hydrazine groups is 1. The summed E-state index contributed by atoms with van der Waals surface area (Å²) in [5.41, 5.74) is 6.61. The number of benzene rings is 1. The van der Waals surface area contributed by atoms with Gasteiger partial charge in [0.1, 0.15) is 0 Å². The Labute approximate surface area is 106 Å². The number of hydrogen-bond acceptors (Lipinski definition) is 3. The zero-order valence-corrected chi connectivity index (χ0v) is 10.7. The van der Waals surface area contributed by atoms with Crippen molar-refractivity contribution in [1.29, 1.82) is 0 Å². The molecular formula is C13H16N4O. The van der Waals surface area contributed by atoms with E-state index >= 15 is 0 Å². The fraction of sp³-hybridized carbons (Fsp3) is 0.231. The summed E-state index contributed by atoms with van der Waals surface area (Å²) in [4.78, 5) is 11.6. The first-order valence-corrected chi connectivity index (χ1v) is 5.68. The van der Waals surface area contributed by atoms with Crippen LogP contribution in [0.4, 0.5) is 0 Å². The molecule has 0 aliphatic rings. The second-order valence-electron chi connectivity index (χ2n) is 4.27. The molecule has 5 heteroatoms. The van der Waals surface area contributed by atoms with Crippen molar-refractivity contribution in [2.45, 2.75) is 20.8 Å². The zero-order valence-electron chi connectivity index (χ0n) is 10.7. The molecule has 0 aliphatic heterocycles. The molecule has 0 fully saturated rings. The number of nitrogen functional groups attached to an aromatic ring is 1. The number of nitrogens with two attached hydrogens (primary N) is 1. The van der Waals surface area contributed by atoms with Gasteiger partial charge in [0.25, 0.3) is 5.91 Å². The molecule has 1 amide bonds. The second kappa shape index (κ2) is 4.62. The van der Waals surface area contributed by atoms with Crippen LogP contribution >= 0.6 is 0 Å². The summed E-state index contributed by atoms with van der Waals surface area (Å²) >= 11 is 0. The summed E-state index contributed by atoms with van der Waals surface area (Å²) in [5.74, 6) is 4.82. The van der Waals surface area contributed by atoms with Crippen LogP contribution < -0.4 is 11.3 Å². The Morgan fingerprint density at radius 1 is 1.28 bits per heavy atom. The fourth-order valence-corrected chi connectivity index (χ4v) is 2.08. The number of nitrogens with one attached hydrogen (secondary N) is 1. The average Bonchev–Trinajstić information content (AvgIpc) is 2.71. The summed E-state index contributed by atoms with van der Waals surface area (Å²) in [6.07, 6.45) is 1.53. The van der Waals surface area contributed by atoms with Crippen LogP contribution in [0.5, 0.6) is 0 Å². The minimum atomic E-state index is -0.329. The Bertz CT molecular complexity index is 581. The Balaban J connectivity index is 2.60.